The number of carbonyl (C=O) groups excluding carboxylic acids is 1. The number of likely N-dealkylation sites (tertiary alicyclic amines) is 1. The van der Waals surface area contributed by atoms with Crippen molar-refractivity contribution < 1.29 is 4.79 Å². The number of fused-ring (bicyclic) bond motifs is 1. The van der Waals surface area contributed by atoms with Gasteiger partial charge in [-0.15, -0.1) is 0 Å². The van der Waals surface area contributed by atoms with Crippen molar-refractivity contribution in [1.29, 1.82) is 0 Å². The van der Waals surface area contributed by atoms with Crippen LogP contribution in [0.25, 0.3) is 11.2 Å². The second kappa shape index (κ2) is 10.5. The summed E-state index contributed by atoms with van der Waals surface area (Å²) in [5.41, 5.74) is 3.38. The molecule has 2 fully saturated rings. The Morgan fingerprint density at radius 2 is 2.03 bits per heavy atom. The summed E-state index contributed by atoms with van der Waals surface area (Å²) in [4.78, 5) is 25.7. The molecule has 2 aliphatic heterocycles. The first-order valence-electron chi connectivity index (χ1n) is 12.7. The molecule has 10 heteroatoms. The topological polar surface area (TPSA) is 79.2 Å². The number of rotatable bonds is 7. The summed E-state index contributed by atoms with van der Waals surface area (Å²) in [5, 5.41) is 8.90. The minimum absolute atomic E-state index is 0.0402. The quantitative estimate of drug-likeness (QED) is 0.490. The van der Waals surface area contributed by atoms with Crippen LogP contribution in [-0.4, -0.2) is 69.8 Å². The summed E-state index contributed by atoms with van der Waals surface area (Å²) >= 11 is 12.6. The molecule has 0 radical (unpaired) electrons. The first kappa shape index (κ1) is 25.2. The molecule has 1 N–H and O–H groups in total. The average Bonchev–Trinajstić information content (AvgIpc) is 3.14. The van der Waals surface area contributed by atoms with Crippen LogP contribution in [-0.2, 0) is 4.79 Å². The molecule has 4 heterocycles. The van der Waals surface area contributed by atoms with Crippen molar-refractivity contribution >= 4 is 46.1 Å². The molecule has 2 saturated heterocycles. The number of amides is 1. The molecule has 36 heavy (non-hydrogen) atoms. The second-order valence-electron chi connectivity index (χ2n) is 10.1. The van der Waals surface area contributed by atoms with E-state index < -0.39 is 0 Å². The van der Waals surface area contributed by atoms with Crippen molar-refractivity contribution in [3.05, 3.63) is 45.7 Å². The zero-order valence-electron chi connectivity index (χ0n) is 21.0. The van der Waals surface area contributed by atoms with E-state index in [1.54, 1.807) is 13.0 Å². The predicted octanol–water partition coefficient (Wildman–Crippen LogP) is 4.34. The molecule has 0 aliphatic carbocycles. The zero-order chi connectivity index (χ0) is 25.4. The molecule has 3 aromatic rings. The second-order valence-corrected chi connectivity index (χ2v) is 11.0. The first-order valence-corrected chi connectivity index (χ1v) is 13.4. The van der Waals surface area contributed by atoms with E-state index in [9.17, 15) is 4.79 Å². The molecule has 1 amide bonds. The Labute approximate surface area is 222 Å². The van der Waals surface area contributed by atoms with Gasteiger partial charge in [-0.3, -0.25) is 4.79 Å². The normalized spacial score (nSPS) is 19.9. The third-order valence-electron chi connectivity index (χ3n) is 7.58. The first-order chi connectivity index (χ1) is 17.3. The van der Waals surface area contributed by atoms with Gasteiger partial charge in [-0.1, -0.05) is 29.3 Å². The van der Waals surface area contributed by atoms with Gasteiger partial charge in [0.1, 0.15) is 11.3 Å². The molecule has 192 valence electrons. The Kier molecular flexibility index (Phi) is 7.37. The molecular formula is C26H33Cl2N7O. The Bertz CT molecular complexity index is 1260. The van der Waals surface area contributed by atoms with Gasteiger partial charge in [-0.25, -0.2) is 14.6 Å². The number of nitrogens with one attached hydrogen (secondary N) is 1. The lowest BCUT2D eigenvalue weighted by Crippen LogP contribution is -2.54. The van der Waals surface area contributed by atoms with E-state index >= 15 is 0 Å². The summed E-state index contributed by atoms with van der Waals surface area (Å²) in [6.45, 7) is 11.5. The largest absolute Gasteiger partial charge is 0.355 e. The number of benzene rings is 1. The lowest BCUT2D eigenvalue weighted by Gasteiger charge is -2.47. The van der Waals surface area contributed by atoms with E-state index in [4.69, 9.17) is 38.3 Å². The van der Waals surface area contributed by atoms with E-state index in [0.29, 0.717) is 21.9 Å². The number of carbonyl (C=O) groups is 1. The Balaban J connectivity index is 1.27. The summed E-state index contributed by atoms with van der Waals surface area (Å²) in [6, 6.07) is 5.45. The van der Waals surface area contributed by atoms with Gasteiger partial charge >= 0.3 is 0 Å². The number of aryl methyl sites for hydroxylation is 1. The van der Waals surface area contributed by atoms with Crippen LogP contribution in [0.3, 0.4) is 0 Å². The SMILES string of the molecule is CC(=O)NCCN1CCC[C@H](C2CN(c3cnc4c(C)nn([C@H](C)c5ccc(Cl)cc5Cl)c4n3)C2)C1. The molecule has 0 spiro atoms. The highest BCUT2D eigenvalue weighted by atomic mass is 35.5. The number of halogens is 2. The van der Waals surface area contributed by atoms with Gasteiger partial charge in [0.15, 0.2) is 5.65 Å². The smallest absolute Gasteiger partial charge is 0.216 e. The predicted molar refractivity (Wildman–Crippen MR) is 144 cm³/mol. The van der Waals surface area contributed by atoms with Crippen LogP contribution in [0.2, 0.25) is 10.0 Å². The van der Waals surface area contributed by atoms with Crippen LogP contribution in [0, 0.1) is 18.8 Å². The van der Waals surface area contributed by atoms with Crippen LogP contribution in [0.4, 0.5) is 5.82 Å². The van der Waals surface area contributed by atoms with Crippen molar-refractivity contribution in [2.75, 3.05) is 44.2 Å². The lowest BCUT2D eigenvalue weighted by molar-refractivity contribution is -0.119. The molecule has 2 aliphatic rings. The molecule has 8 nitrogen and oxygen atoms in total. The number of hydrogen-bond acceptors (Lipinski definition) is 6. The summed E-state index contributed by atoms with van der Waals surface area (Å²) in [6.07, 6.45) is 4.36. The Morgan fingerprint density at radius 3 is 2.78 bits per heavy atom. The molecule has 5 rings (SSSR count). The average molecular weight is 531 g/mol. The maximum atomic E-state index is 11.2. The number of aromatic nitrogens is 4. The van der Waals surface area contributed by atoms with Gasteiger partial charge in [0.25, 0.3) is 0 Å². The highest BCUT2D eigenvalue weighted by Gasteiger charge is 2.36. The maximum absolute atomic E-state index is 11.2. The Morgan fingerprint density at radius 1 is 1.22 bits per heavy atom. The molecule has 2 aromatic heterocycles. The summed E-state index contributed by atoms with van der Waals surface area (Å²) in [5.74, 6) is 2.28. The van der Waals surface area contributed by atoms with E-state index in [1.807, 2.05) is 29.9 Å². The van der Waals surface area contributed by atoms with Crippen molar-refractivity contribution in [3.63, 3.8) is 0 Å². The van der Waals surface area contributed by atoms with E-state index in [0.717, 1.165) is 67.5 Å². The minimum atomic E-state index is -0.106. The molecule has 2 atom stereocenters. The highest BCUT2D eigenvalue weighted by Crippen LogP contribution is 2.35. The monoisotopic (exact) mass is 529 g/mol. The summed E-state index contributed by atoms with van der Waals surface area (Å²) in [7, 11) is 0. The van der Waals surface area contributed by atoms with Crippen LogP contribution in [0.5, 0.6) is 0 Å². The van der Waals surface area contributed by atoms with Gasteiger partial charge in [-0.2, -0.15) is 5.10 Å². The standard InChI is InChI=1S/C26H33Cl2N7O/c1-16-25-26(35(32-16)17(2)22-7-6-21(27)11-23(22)28)31-24(12-30-25)34-14-20(15-34)19-5-4-9-33(13-19)10-8-29-18(3)36/h6-7,11-12,17,19-20H,4-5,8-10,13-15H2,1-3H3,(H,29,36)/t17-,19+/m1/s1. The zero-order valence-corrected chi connectivity index (χ0v) is 22.6. The summed E-state index contributed by atoms with van der Waals surface area (Å²) < 4.78 is 1.92. The molecule has 0 unspecified atom stereocenters. The van der Waals surface area contributed by atoms with Crippen molar-refractivity contribution in [1.82, 2.24) is 30.0 Å². The number of nitrogens with zero attached hydrogens (tertiary/aromatic N) is 6. The van der Waals surface area contributed by atoms with Crippen LogP contribution < -0.4 is 10.2 Å². The van der Waals surface area contributed by atoms with E-state index in [1.165, 1.54) is 12.8 Å². The third-order valence-corrected chi connectivity index (χ3v) is 8.15. The van der Waals surface area contributed by atoms with E-state index in [2.05, 4.69) is 22.0 Å². The molecular weight excluding hydrogens is 497 g/mol. The van der Waals surface area contributed by atoms with Gasteiger partial charge in [0.05, 0.1) is 17.9 Å². The minimum Gasteiger partial charge on any atom is -0.355 e. The fourth-order valence-corrected chi connectivity index (χ4v) is 6.07. The van der Waals surface area contributed by atoms with Crippen LogP contribution >= 0.6 is 23.2 Å². The van der Waals surface area contributed by atoms with Gasteiger partial charge in [-0.05, 0) is 62.8 Å². The van der Waals surface area contributed by atoms with E-state index in [-0.39, 0.29) is 11.9 Å². The van der Waals surface area contributed by atoms with Crippen LogP contribution in [0.15, 0.2) is 24.4 Å². The van der Waals surface area contributed by atoms with Gasteiger partial charge in [0.2, 0.25) is 5.91 Å². The number of hydrogen-bond donors (Lipinski definition) is 1. The third kappa shape index (κ3) is 5.17. The lowest BCUT2D eigenvalue weighted by atomic mass is 9.80. The molecule has 0 bridgehead atoms. The van der Waals surface area contributed by atoms with Crippen molar-refractivity contribution in [2.24, 2.45) is 11.8 Å². The maximum Gasteiger partial charge on any atom is 0.216 e. The fourth-order valence-electron chi connectivity index (χ4n) is 5.50. The van der Waals surface area contributed by atoms with Crippen LogP contribution in [0.1, 0.15) is 44.0 Å². The van der Waals surface area contributed by atoms with Crippen molar-refractivity contribution in [3.8, 4) is 0 Å². The molecule has 0 saturated carbocycles. The fraction of sp³-hybridized carbons (Fsp3) is 0.538. The number of piperidine rings is 1. The highest BCUT2D eigenvalue weighted by molar-refractivity contribution is 6.35. The molecule has 1 aromatic carbocycles. The van der Waals surface area contributed by atoms with Gasteiger partial charge in [0, 0.05) is 49.7 Å². The number of anilines is 1. The van der Waals surface area contributed by atoms with Crippen molar-refractivity contribution in [2.45, 2.75) is 39.7 Å². The Hall–Kier alpha value is -2.42. The van der Waals surface area contributed by atoms with Gasteiger partial charge < -0.3 is 15.1 Å².